The van der Waals surface area contributed by atoms with Gasteiger partial charge in [-0.25, -0.2) is 4.79 Å². The van der Waals surface area contributed by atoms with Gasteiger partial charge in [-0.1, -0.05) is 0 Å². The summed E-state index contributed by atoms with van der Waals surface area (Å²) in [5.41, 5.74) is -0.369. The Morgan fingerprint density at radius 3 is 2.67 bits per heavy atom. The summed E-state index contributed by atoms with van der Waals surface area (Å²) in [4.78, 5) is 10.7. The molecule has 0 aliphatic heterocycles. The van der Waals surface area contributed by atoms with Crippen LogP contribution in [0.5, 0.6) is 0 Å². The number of carbonyl (C=O) groups is 1. The van der Waals surface area contributed by atoms with Crippen molar-refractivity contribution in [3.8, 4) is 12.1 Å². The van der Waals surface area contributed by atoms with Crippen molar-refractivity contribution in [2.75, 3.05) is 13.2 Å². The van der Waals surface area contributed by atoms with Gasteiger partial charge in [-0.15, -0.1) is 0 Å². The fraction of sp³-hybridized carbons (Fsp3) is 0.286. The van der Waals surface area contributed by atoms with Crippen molar-refractivity contribution < 1.29 is 14.6 Å². The summed E-state index contributed by atoms with van der Waals surface area (Å²) in [6.45, 7) is -0.486. The average Bonchev–Trinajstić information content (AvgIpc) is 2.10. The van der Waals surface area contributed by atoms with Crippen LogP contribution < -0.4 is 0 Å². The number of nitriles is 2. The van der Waals surface area contributed by atoms with Crippen molar-refractivity contribution in [2.45, 2.75) is 0 Å². The number of allylic oxidation sites excluding steroid dienone is 1. The van der Waals surface area contributed by atoms with E-state index in [0.29, 0.717) is 0 Å². The lowest BCUT2D eigenvalue weighted by Gasteiger charge is -1.98. The van der Waals surface area contributed by atoms with Crippen LogP contribution in [0.3, 0.4) is 0 Å². The van der Waals surface area contributed by atoms with E-state index in [1.807, 2.05) is 0 Å². The van der Waals surface area contributed by atoms with E-state index in [1.165, 1.54) is 12.1 Å². The summed E-state index contributed by atoms with van der Waals surface area (Å²) >= 11 is 0. The molecule has 5 heteroatoms. The molecule has 0 aromatic carbocycles. The van der Waals surface area contributed by atoms with Crippen LogP contribution in [-0.4, -0.2) is 24.3 Å². The first-order valence-electron chi connectivity index (χ1n) is 3.04. The molecule has 0 aromatic heterocycles. The molecule has 0 aliphatic rings. The Morgan fingerprint density at radius 1 is 1.58 bits per heavy atom. The molecule has 1 N–H and O–H groups in total. The summed E-state index contributed by atoms with van der Waals surface area (Å²) in [7, 11) is 0. The lowest BCUT2D eigenvalue weighted by Crippen LogP contribution is -2.09. The number of nitrogens with zero attached hydrogens (tertiary/aromatic N) is 2. The van der Waals surface area contributed by atoms with Gasteiger partial charge in [-0.05, 0) is 0 Å². The van der Waals surface area contributed by atoms with Gasteiger partial charge in [0.15, 0.2) is 0 Å². The largest absolute Gasteiger partial charge is 0.459 e. The SMILES string of the molecule is N#C/C=C(/C#N)C(=O)OCCO. The second kappa shape index (κ2) is 5.90. The van der Waals surface area contributed by atoms with E-state index in [4.69, 9.17) is 15.6 Å². The summed E-state index contributed by atoms with van der Waals surface area (Å²) in [5.74, 6) is -0.895. The smallest absolute Gasteiger partial charge is 0.349 e. The van der Waals surface area contributed by atoms with Gasteiger partial charge in [-0.3, -0.25) is 0 Å². The standard InChI is InChI=1S/C7H6N2O3/c8-2-1-6(5-9)7(11)12-4-3-10/h1,10H,3-4H2/b6-1-. The first-order chi connectivity index (χ1) is 5.76. The number of esters is 1. The summed E-state index contributed by atoms with van der Waals surface area (Å²) in [6.07, 6.45) is 0.791. The van der Waals surface area contributed by atoms with Crippen molar-refractivity contribution in [1.29, 1.82) is 10.5 Å². The molecule has 0 amide bonds. The molecular formula is C7H6N2O3. The molecular weight excluding hydrogens is 160 g/mol. The fourth-order valence-electron chi connectivity index (χ4n) is 0.417. The molecule has 0 rings (SSSR count). The van der Waals surface area contributed by atoms with Crippen molar-refractivity contribution in [2.24, 2.45) is 0 Å². The van der Waals surface area contributed by atoms with Gasteiger partial charge in [0, 0.05) is 6.08 Å². The minimum atomic E-state index is -0.895. The third kappa shape index (κ3) is 3.35. The normalized spacial score (nSPS) is 9.75. The number of rotatable bonds is 3. The molecule has 0 saturated carbocycles. The highest BCUT2D eigenvalue weighted by Gasteiger charge is 2.08. The van der Waals surface area contributed by atoms with Gasteiger partial charge < -0.3 is 9.84 Å². The van der Waals surface area contributed by atoms with Crippen molar-refractivity contribution in [3.63, 3.8) is 0 Å². The van der Waals surface area contributed by atoms with Crippen molar-refractivity contribution >= 4 is 5.97 Å². The van der Waals surface area contributed by atoms with E-state index in [0.717, 1.165) is 6.08 Å². The Balaban J connectivity index is 4.19. The molecule has 0 fully saturated rings. The number of hydrogen-bond acceptors (Lipinski definition) is 5. The second-order valence-electron chi connectivity index (χ2n) is 1.66. The van der Waals surface area contributed by atoms with Crippen LogP contribution >= 0.6 is 0 Å². The number of ether oxygens (including phenoxy) is 1. The van der Waals surface area contributed by atoms with Gasteiger partial charge >= 0.3 is 5.97 Å². The highest BCUT2D eigenvalue weighted by atomic mass is 16.5. The molecule has 0 radical (unpaired) electrons. The minimum absolute atomic E-state index is 0.177. The Kier molecular flexibility index (Phi) is 4.99. The Hall–Kier alpha value is -1.85. The van der Waals surface area contributed by atoms with Crippen LogP contribution in [0, 0.1) is 22.7 Å². The van der Waals surface area contributed by atoms with E-state index in [-0.39, 0.29) is 18.8 Å². The predicted octanol–water partition coefficient (Wildman–Crippen LogP) is -0.505. The molecule has 0 saturated heterocycles. The molecule has 0 bridgehead atoms. The van der Waals surface area contributed by atoms with Gasteiger partial charge in [0.05, 0.1) is 12.7 Å². The number of aliphatic hydroxyl groups is 1. The van der Waals surface area contributed by atoms with Crippen LogP contribution in [0.1, 0.15) is 0 Å². The number of carbonyl (C=O) groups excluding carboxylic acids is 1. The topological polar surface area (TPSA) is 94.1 Å². The highest BCUT2D eigenvalue weighted by molar-refractivity contribution is 5.93. The molecule has 0 atom stereocenters. The fourth-order valence-corrected chi connectivity index (χ4v) is 0.417. The maximum absolute atomic E-state index is 10.7. The average molecular weight is 166 g/mol. The van der Waals surface area contributed by atoms with E-state index in [9.17, 15) is 4.79 Å². The number of aliphatic hydroxyl groups excluding tert-OH is 1. The number of hydrogen-bond donors (Lipinski definition) is 1. The Morgan fingerprint density at radius 2 is 2.25 bits per heavy atom. The quantitative estimate of drug-likeness (QED) is 0.346. The first kappa shape index (κ1) is 10.2. The van der Waals surface area contributed by atoms with Crippen LogP contribution in [-0.2, 0) is 9.53 Å². The van der Waals surface area contributed by atoms with Gasteiger partial charge in [-0.2, -0.15) is 10.5 Å². The molecule has 0 heterocycles. The molecule has 12 heavy (non-hydrogen) atoms. The molecule has 0 aromatic rings. The van der Waals surface area contributed by atoms with Gasteiger partial charge in [0.2, 0.25) is 0 Å². The predicted molar refractivity (Wildman–Crippen MR) is 37.4 cm³/mol. The minimum Gasteiger partial charge on any atom is -0.459 e. The zero-order valence-electron chi connectivity index (χ0n) is 6.15. The monoisotopic (exact) mass is 166 g/mol. The summed E-state index contributed by atoms with van der Waals surface area (Å²) in [6, 6.07) is 3.02. The van der Waals surface area contributed by atoms with E-state index in [1.54, 1.807) is 0 Å². The van der Waals surface area contributed by atoms with E-state index < -0.39 is 5.97 Å². The summed E-state index contributed by atoms with van der Waals surface area (Å²) in [5, 5.41) is 24.7. The van der Waals surface area contributed by atoms with Crippen molar-refractivity contribution in [1.82, 2.24) is 0 Å². The van der Waals surface area contributed by atoms with E-state index >= 15 is 0 Å². The van der Waals surface area contributed by atoms with Crippen LogP contribution in [0.15, 0.2) is 11.6 Å². The molecule has 0 spiro atoms. The molecule has 62 valence electrons. The van der Waals surface area contributed by atoms with E-state index in [2.05, 4.69) is 4.74 Å². The van der Waals surface area contributed by atoms with Crippen LogP contribution in [0.4, 0.5) is 0 Å². The zero-order chi connectivity index (χ0) is 9.40. The molecule has 0 unspecified atom stereocenters. The molecule has 5 nitrogen and oxygen atoms in total. The summed E-state index contributed by atoms with van der Waals surface area (Å²) < 4.78 is 4.37. The maximum atomic E-state index is 10.7. The van der Waals surface area contributed by atoms with Gasteiger partial charge in [0.1, 0.15) is 18.2 Å². The van der Waals surface area contributed by atoms with Crippen LogP contribution in [0.2, 0.25) is 0 Å². The lowest BCUT2D eigenvalue weighted by atomic mass is 10.3. The zero-order valence-corrected chi connectivity index (χ0v) is 6.15. The maximum Gasteiger partial charge on any atom is 0.349 e. The van der Waals surface area contributed by atoms with Crippen molar-refractivity contribution in [3.05, 3.63) is 11.6 Å². The Labute approximate surface area is 69.1 Å². The lowest BCUT2D eigenvalue weighted by molar-refractivity contribution is -0.139. The van der Waals surface area contributed by atoms with Crippen LogP contribution in [0.25, 0.3) is 0 Å². The highest BCUT2D eigenvalue weighted by Crippen LogP contribution is 1.94. The molecule has 0 aliphatic carbocycles. The first-order valence-corrected chi connectivity index (χ1v) is 3.04. The third-order valence-electron chi connectivity index (χ3n) is 0.874. The Bertz CT molecular complexity index is 269. The third-order valence-corrected chi connectivity index (χ3v) is 0.874. The van der Waals surface area contributed by atoms with Gasteiger partial charge in [0.25, 0.3) is 0 Å². The second-order valence-corrected chi connectivity index (χ2v) is 1.66.